The second-order valence-electron chi connectivity index (χ2n) is 5.06. The van der Waals surface area contributed by atoms with Gasteiger partial charge in [-0.05, 0) is 24.6 Å². The third-order valence-corrected chi connectivity index (χ3v) is 3.50. The first kappa shape index (κ1) is 13.5. The fourth-order valence-corrected chi connectivity index (χ4v) is 2.27. The minimum atomic E-state index is -0.0936. The lowest BCUT2D eigenvalue weighted by molar-refractivity contribution is 0.546. The summed E-state index contributed by atoms with van der Waals surface area (Å²) in [6.45, 7) is 2.73. The largest absolute Gasteiger partial charge is 0.309 e. The predicted molar refractivity (Wildman–Crippen MR) is 84.1 cm³/mol. The first-order valence-corrected chi connectivity index (χ1v) is 7.00. The van der Waals surface area contributed by atoms with Crippen LogP contribution in [0.15, 0.2) is 59.4 Å². The van der Waals surface area contributed by atoms with Crippen LogP contribution in [0.3, 0.4) is 0 Å². The van der Waals surface area contributed by atoms with E-state index in [9.17, 15) is 4.79 Å². The van der Waals surface area contributed by atoms with Gasteiger partial charge in [0.1, 0.15) is 5.82 Å². The van der Waals surface area contributed by atoms with Gasteiger partial charge >= 0.3 is 0 Å². The van der Waals surface area contributed by atoms with E-state index in [1.54, 1.807) is 6.07 Å². The highest BCUT2D eigenvalue weighted by Gasteiger charge is 2.10. The van der Waals surface area contributed by atoms with Crippen molar-refractivity contribution in [2.75, 3.05) is 0 Å². The summed E-state index contributed by atoms with van der Waals surface area (Å²) in [5.41, 5.74) is 1.83. The van der Waals surface area contributed by atoms with Crippen molar-refractivity contribution in [2.24, 2.45) is 0 Å². The molecule has 3 aromatic rings. The molecule has 0 aliphatic carbocycles. The molecule has 21 heavy (non-hydrogen) atoms. The van der Waals surface area contributed by atoms with E-state index in [1.165, 1.54) is 5.56 Å². The van der Waals surface area contributed by atoms with Gasteiger partial charge in [-0.15, -0.1) is 0 Å². The van der Waals surface area contributed by atoms with Crippen LogP contribution in [0.25, 0.3) is 10.9 Å². The first-order chi connectivity index (χ1) is 10.2. The second kappa shape index (κ2) is 5.89. The maximum absolute atomic E-state index is 12.1. The number of fused-ring (bicyclic) bond motifs is 1. The Labute approximate surface area is 122 Å². The van der Waals surface area contributed by atoms with E-state index in [0.717, 1.165) is 12.1 Å². The molecule has 0 bridgehead atoms. The molecule has 1 atom stereocenters. The highest BCUT2D eigenvalue weighted by molar-refractivity contribution is 5.77. The fraction of sp³-hybridized carbons (Fsp3) is 0.176. The van der Waals surface area contributed by atoms with E-state index in [1.807, 2.05) is 43.3 Å². The van der Waals surface area contributed by atoms with Crippen LogP contribution in [-0.4, -0.2) is 9.97 Å². The van der Waals surface area contributed by atoms with E-state index in [4.69, 9.17) is 0 Å². The molecule has 1 heterocycles. The zero-order valence-corrected chi connectivity index (χ0v) is 11.8. The first-order valence-electron chi connectivity index (χ1n) is 7.00. The second-order valence-corrected chi connectivity index (χ2v) is 5.06. The lowest BCUT2D eigenvalue weighted by Gasteiger charge is -2.13. The van der Waals surface area contributed by atoms with Gasteiger partial charge in [0.05, 0.1) is 16.9 Å². The minimum absolute atomic E-state index is 0.0255. The van der Waals surface area contributed by atoms with E-state index >= 15 is 0 Å². The van der Waals surface area contributed by atoms with Gasteiger partial charge in [0.2, 0.25) is 0 Å². The fourth-order valence-electron chi connectivity index (χ4n) is 2.27. The summed E-state index contributed by atoms with van der Waals surface area (Å²) in [7, 11) is 0. The maximum Gasteiger partial charge on any atom is 0.258 e. The molecule has 0 radical (unpaired) electrons. The summed E-state index contributed by atoms with van der Waals surface area (Å²) in [4.78, 5) is 19.4. The topological polar surface area (TPSA) is 57.8 Å². The molecule has 106 valence electrons. The van der Waals surface area contributed by atoms with Crippen molar-refractivity contribution < 1.29 is 0 Å². The Hall–Kier alpha value is -2.46. The summed E-state index contributed by atoms with van der Waals surface area (Å²) in [5, 5.41) is 4.00. The Balaban J connectivity index is 1.81. The number of rotatable bonds is 4. The number of para-hydroxylation sites is 1. The lowest BCUT2D eigenvalue weighted by Crippen LogP contribution is -2.23. The van der Waals surface area contributed by atoms with Gasteiger partial charge in [0, 0.05) is 6.54 Å². The van der Waals surface area contributed by atoms with Gasteiger partial charge in [0.25, 0.3) is 5.56 Å². The summed E-state index contributed by atoms with van der Waals surface area (Å²) in [5.74, 6) is 0.662. The maximum atomic E-state index is 12.1. The number of aromatic amines is 1. The normalized spacial score (nSPS) is 12.4. The zero-order valence-electron chi connectivity index (χ0n) is 11.8. The Bertz CT molecular complexity index is 796. The van der Waals surface area contributed by atoms with Crippen molar-refractivity contribution in [3.8, 4) is 0 Å². The molecule has 2 aromatic carbocycles. The van der Waals surface area contributed by atoms with E-state index in [0.29, 0.717) is 11.2 Å². The average molecular weight is 279 g/mol. The van der Waals surface area contributed by atoms with E-state index < -0.39 is 0 Å². The Morgan fingerprint density at radius 3 is 2.62 bits per heavy atom. The van der Waals surface area contributed by atoms with Gasteiger partial charge in [-0.1, -0.05) is 42.5 Å². The van der Waals surface area contributed by atoms with E-state index in [2.05, 4.69) is 27.4 Å². The van der Waals surface area contributed by atoms with Crippen LogP contribution in [0, 0.1) is 0 Å². The highest BCUT2D eigenvalue weighted by Crippen LogP contribution is 2.11. The molecular formula is C17H17N3O. The molecule has 0 fully saturated rings. The number of H-pyrrole nitrogens is 1. The number of nitrogens with one attached hydrogen (secondary N) is 2. The van der Waals surface area contributed by atoms with Crippen LogP contribution in [0.5, 0.6) is 0 Å². The number of nitrogens with zero attached hydrogens (tertiary/aromatic N) is 1. The number of hydrogen-bond donors (Lipinski definition) is 2. The molecule has 2 N–H and O–H groups in total. The highest BCUT2D eigenvalue weighted by atomic mass is 16.1. The number of benzene rings is 2. The van der Waals surface area contributed by atoms with Crippen LogP contribution < -0.4 is 10.9 Å². The van der Waals surface area contributed by atoms with E-state index in [-0.39, 0.29) is 11.6 Å². The molecule has 0 aliphatic rings. The number of aromatic nitrogens is 2. The van der Waals surface area contributed by atoms with Crippen molar-refractivity contribution >= 4 is 10.9 Å². The Morgan fingerprint density at radius 1 is 1.10 bits per heavy atom. The molecule has 0 unspecified atom stereocenters. The monoisotopic (exact) mass is 279 g/mol. The SMILES string of the molecule is C[C@@H](NCc1ccccc1)c1nc2ccccc2c(=O)[nH]1. The molecule has 0 amide bonds. The summed E-state index contributed by atoms with van der Waals surface area (Å²) >= 11 is 0. The van der Waals surface area contributed by atoms with Crippen LogP contribution in [0.1, 0.15) is 24.4 Å². The van der Waals surface area contributed by atoms with Gasteiger partial charge in [-0.25, -0.2) is 4.98 Å². The molecule has 3 rings (SSSR count). The average Bonchev–Trinajstić information content (AvgIpc) is 2.53. The van der Waals surface area contributed by atoms with Crippen LogP contribution in [0.4, 0.5) is 0 Å². The molecular weight excluding hydrogens is 262 g/mol. The summed E-state index contributed by atoms with van der Waals surface area (Å²) in [6.07, 6.45) is 0. The molecule has 0 saturated carbocycles. The standard InChI is InChI=1S/C17H17N3O/c1-12(18-11-13-7-3-2-4-8-13)16-19-15-10-6-5-9-14(15)17(21)20-16/h2-10,12,18H,11H2,1H3,(H,19,20,21)/t12-/m1/s1. The molecule has 0 aliphatic heterocycles. The number of hydrogen-bond acceptors (Lipinski definition) is 3. The predicted octanol–water partition coefficient (Wildman–Crippen LogP) is 2.77. The van der Waals surface area contributed by atoms with Crippen LogP contribution in [0.2, 0.25) is 0 Å². The molecule has 4 heteroatoms. The van der Waals surface area contributed by atoms with Crippen molar-refractivity contribution in [1.29, 1.82) is 0 Å². The third kappa shape index (κ3) is 3.01. The lowest BCUT2D eigenvalue weighted by atomic mass is 10.2. The van der Waals surface area contributed by atoms with Crippen molar-refractivity contribution in [2.45, 2.75) is 19.5 Å². The van der Waals surface area contributed by atoms with Gasteiger partial charge < -0.3 is 10.3 Å². The Morgan fingerprint density at radius 2 is 1.81 bits per heavy atom. The Kier molecular flexibility index (Phi) is 3.79. The van der Waals surface area contributed by atoms with Gasteiger partial charge in [0.15, 0.2) is 0 Å². The quantitative estimate of drug-likeness (QED) is 0.772. The van der Waals surface area contributed by atoms with Crippen molar-refractivity contribution in [1.82, 2.24) is 15.3 Å². The molecule has 0 spiro atoms. The van der Waals surface area contributed by atoms with Gasteiger partial charge in [-0.2, -0.15) is 0 Å². The van der Waals surface area contributed by atoms with Crippen molar-refractivity contribution in [3.63, 3.8) is 0 Å². The summed E-state index contributed by atoms with van der Waals surface area (Å²) in [6, 6.07) is 17.5. The molecule has 0 saturated heterocycles. The minimum Gasteiger partial charge on any atom is -0.309 e. The molecule has 4 nitrogen and oxygen atoms in total. The third-order valence-electron chi connectivity index (χ3n) is 3.50. The van der Waals surface area contributed by atoms with Crippen LogP contribution >= 0.6 is 0 Å². The smallest absolute Gasteiger partial charge is 0.258 e. The van der Waals surface area contributed by atoms with Crippen LogP contribution in [-0.2, 0) is 6.54 Å². The summed E-state index contributed by atoms with van der Waals surface area (Å²) < 4.78 is 0. The molecule has 1 aromatic heterocycles. The van der Waals surface area contributed by atoms with Gasteiger partial charge in [-0.3, -0.25) is 4.79 Å². The van der Waals surface area contributed by atoms with Crippen molar-refractivity contribution in [3.05, 3.63) is 76.3 Å². The zero-order chi connectivity index (χ0) is 14.7.